The van der Waals surface area contributed by atoms with Crippen molar-refractivity contribution < 1.29 is 9.53 Å². The Morgan fingerprint density at radius 1 is 1.11 bits per heavy atom. The van der Waals surface area contributed by atoms with Crippen molar-refractivity contribution in [2.24, 2.45) is 0 Å². The van der Waals surface area contributed by atoms with Crippen LogP contribution in [0.2, 0.25) is 0 Å². The summed E-state index contributed by atoms with van der Waals surface area (Å²) in [7, 11) is 7.59. The maximum atomic E-state index is 12.2. The molecule has 1 amide bonds. The standard InChI is InChI=1S/C28H32N8O2/c1-7-26(37)30-21-17-22(25(38-6)18-24(21)35(5)16-15-34(3)4)32-28-29-14-13-20(31-28)27-19-11-9-10-12-23(19)36(8-2)33-27/h7-14,17-18H,1-2,15-16H2,3-6H3,(H,30,37)(H,29,31,32). The lowest BCUT2D eigenvalue weighted by Crippen LogP contribution is -2.29. The molecule has 4 aromatic rings. The van der Waals surface area contributed by atoms with Gasteiger partial charge in [-0.05, 0) is 38.4 Å². The number of amides is 1. The number of hydrogen-bond acceptors (Lipinski definition) is 8. The summed E-state index contributed by atoms with van der Waals surface area (Å²) < 4.78 is 7.42. The number of carbonyl (C=O) groups is 1. The first kappa shape index (κ1) is 26.4. The maximum Gasteiger partial charge on any atom is 0.247 e. The number of likely N-dealkylation sites (N-methyl/N-ethyl adjacent to an activating group) is 2. The van der Waals surface area contributed by atoms with Gasteiger partial charge in [0.15, 0.2) is 0 Å². The zero-order valence-electron chi connectivity index (χ0n) is 22.1. The highest BCUT2D eigenvalue weighted by molar-refractivity contribution is 6.02. The van der Waals surface area contributed by atoms with Gasteiger partial charge < -0.3 is 25.2 Å². The van der Waals surface area contributed by atoms with Crippen molar-refractivity contribution in [3.63, 3.8) is 0 Å². The first-order valence-electron chi connectivity index (χ1n) is 12.1. The SMILES string of the molecule is C=CC(=O)Nc1cc(Nc2nccc(-c3nn(C=C)c4ccccc34)n2)c(OC)cc1N(C)CCN(C)C. The number of benzene rings is 2. The maximum absolute atomic E-state index is 12.2. The van der Waals surface area contributed by atoms with Gasteiger partial charge in [-0.25, -0.2) is 14.6 Å². The summed E-state index contributed by atoms with van der Waals surface area (Å²) in [6.45, 7) is 9.01. The number of methoxy groups -OCH3 is 1. The third-order valence-electron chi connectivity index (χ3n) is 5.99. The third-order valence-corrected chi connectivity index (χ3v) is 5.99. The smallest absolute Gasteiger partial charge is 0.247 e. The summed E-state index contributed by atoms with van der Waals surface area (Å²) in [4.78, 5) is 25.5. The molecule has 38 heavy (non-hydrogen) atoms. The molecule has 0 saturated carbocycles. The molecule has 2 N–H and O–H groups in total. The fraction of sp³-hybridized carbons (Fsp3) is 0.214. The summed E-state index contributed by atoms with van der Waals surface area (Å²) in [5.74, 6) is 0.614. The Labute approximate surface area is 222 Å². The molecule has 0 spiro atoms. The van der Waals surface area contributed by atoms with Crippen LogP contribution >= 0.6 is 0 Å². The number of carbonyl (C=O) groups excluding carboxylic acids is 1. The average Bonchev–Trinajstić information content (AvgIpc) is 3.31. The van der Waals surface area contributed by atoms with Gasteiger partial charge in [-0.3, -0.25) is 4.79 Å². The van der Waals surface area contributed by atoms with Gasteiger partial charge >= 0.3 is 0 Å². The predicted molar refractivity (Wildman–Crippen MR) is 154 cm³/mol. The molecule has 10 heteroatoms. The van der Waals surface area contributed by atoms with Crippen molar-refractivity contribution in [1.29, 1.82) is 0 Å². The van der Waals surface area contributed by atoms with Gasteiger partial charge in [-0.1, -0.05) is 31.4 Å². The van der Waals surface area contributed by atoms with Crippen molar-refractivity contribution in [2.75, 3.05) is 56.9 Å². The van der Waals surface area contributed by atoms with E-state index in [-0.39, 0.29) is 5.91 Å². The molecule has 0 saturated heterocycles. The summed E-state index contributed by atoms with van der Waals surface area (Å²) in [5.41, 5.74) is 4.30. The Morgan fingerprint density at radius 2 is 1.89 bits per heavy atom. The summed E-state index contributed by atoms with van der Waals surface area (Å²) in [5, 5.41) is 11.8. The Hall–Kier alpha value is -4.70. The van der Waals surface area contributed by atoms with E-state index in [1.807, 2.05) is 57.5 Å². The molecule has 0 fully saturated rings. The molecular weight excluding hydrogens is 480 g/mol. The largest absolute Gasteiger partial charge is 0.494 e. The first-order chi connectivity index (χ1) is 18.3. The molecule has 196 valence electrons. The number of anilines is 4. The number of aromatic nitrogens is 4. The zero-order chi connectivity index (χ0) is 27.2. The van der Waals surface area contributed by atoms with E-state index in [1.165, 1.54) is 6.08 Å². The minimum absolute atomic E-state index is 0.314. The van der Waals surface area contributed by atoms with Crippen LogP contribution in [-0.4, -0.2) is 71.9 Å². The van der Waals surface area contributed by atoms with Crippen LogP contribution in [0.1, 0.15) is 0 Å². The van der Waals surface area contributed by atoms with Crippen molar-refractivity contribution in [3.05, 3.63) is 67.9 Å². The summed E-state index contributed by atoms with van der Waals surface area (Å²) >= 11 is 0. The predicted octanol–water partition coefficient (Wildman–Crippen LogP) is 4.47. The van der Waals surface area contributed by atoms with Crippen LogP contribution in [0.5, 0.6) is 5.75 Å². The van der Waals surface area contributed by atoms with Gasteiger partial charge in [0, 0.05) is 44.0 Å². The molecular formula is C28H32N8O2. The van der Waals surface area contributed by atoms with E-state index in [1.54, 1.807) is 30.3 Å². The number of nitrogens with zero attached hydrogens (tertiary/aromatic N) is 6. The Kier molecular flexibility index (Phi) is 8.03. The lowest BCUT2D eigenvalue weighted by Gasteiger charge is -2.26. The molecule has 0 atom stereocenters. The van der Waals surface area contributed by atoms with Gasteiger partial charge in [-0.2, -0.15) is 5.10 Å². The summed E-state index contributed by atoms with van der Waals surface area (Å²) in [6, 6.07) is 13.4. The van der Waals surface area contributed by atoms with E-state index < -0.39 is 0 Å². The normalized spacial score (nSPS) is 10.9. The number of hydrogen-bond donors (Lipinski definition) is 2. The van der Waals surface area contributed by atoms with Crippen molar-refractivity contribution in [1.82, 2.24) is 24.6 Å². The molecule has 0 aliphatic heterocycles. The quantitative estimate of drug-likeness (QED) is 0.284. The van der Waals surface area contributed by atoms with Crippen LogP contribution in [-0.2, 0) is 4.79 Å². The van der Waals surface area contributed by atoms with Gasteiger partial charge in [-0.15, -0.1) is 0 Å². The minimum atomic E-state index is -0.314. The second-order valence-electron chi connectivity index (χ2n) is 8.87. The van der Waals surface area contributed by atoms with Crippen LogP contribution in [0.4, 0.5) is 23.0 Å². The zero-order valence-corrected chi connectivity index (χ0v) is 22.1. The van der Waals surface area contributed by atoms with Crippen LogP contribution in [0.15, 0.2) is 67.9 Å². The van der Waals surface area contributed by atoms with Crippen LogP contribution in [0.25, 0.3) is 28.5 Å². The van der Waals surface area contributed by atoms with Gasteiger partial charge in [0.25, 0.3) is 0 Å². The molecule has 0 aliphatic rings. The van der Waals surface area contributed by atoms with Crippen LogP contribution < -0.4 is 20.3 Å². The highest BCUT2D eigenvalue weighted by atomic mass is 16.5. The molecule has 4 rings (SSSR count). The third kappa shape index (κ3) is 5.65. The number of fused-ring (bicyclic) bond motifs is 1. The van der Waals surface area contributed by atoms with E-state index in [9.17, 15) is 4.79 Å². The average molecular weight is 513 g/mol. The van der Waals surface area contributed by atoms with Crippen molar-refractivity contribution >= 4 is 46.0 Å². The van der Waals surface area contributed by atoms with Gasteiger partial charge in [0.2, 0.25) is 11.9 Å². The fourth-order valence-corrected chi connectivity index (χ4v) is 3.99. The number of rotatable bonds is 11. The van der Waals surface area contributed by atoms with E-state index in [0.717, 1.165) is 35.4 Å². The Balaban J connectivity index is 1.72. The molecule has 0 aliphatic carbocycles. The minimum Gasteiger partial charge on any atom is -0.494 e. The molecule has 0 bridgehead atoms. The summed E-state index contributed by atoms with van der Waals surface area (Å²) in [6.07, 6.45) is 4.57. The van der Waals surface area contributed by atoms with Crippen LogP contribution in [0.3, 0.4) is 0 Å². The number of para-hydroxylation sites is 1. The number of ether oxygens (including phenoxy) is 1. The van der Waals surface area contributed by atoms with E-state index in [2.05, 4.69) is 43.7 Å². The molecule has 0 unspecified atom stereocenters. The second kappa shape index (κ2) is 11.6. The molecule has 0 radical (unpaired) electrons. The van der Waals surface area contributed by atoms with Crippen LogP contribution in [0, 0.1) is 0 Å². The Bertz CT molecular complexity index is 1480. The van der Waals surface area contributed by atoms with Crippen molar-refractivity contribution in [2.45, 2.75) is 0 Å². The van der Waals surface area contributed by atoms with E-state index >= 15 is 0 Å². The van der Waals surface area contributed by atoms with E-state index in [4.69, 9.17) is 9.72 Å². The van der Waals surface area contributed by atoms with Gasteiger partial charge in [0.05, 0.1) is 35.4 Å². The molecule has 2 aromatic heterocycles. The highest BCUT2D eigenvalue weighted by Crippen LogP contribution is 2.38. The monoisotopic (exact) mass is 512 g/mol. The van der Waals surface area contributed by atoms with E-state index in [0.29, 0.717) is 28.8 Å². The fourth-order valence-electron chi connectivity index (χ4n) is 3.99. The molecule has 2 aromatic carbocycles. The second-order valence-corrected chi connectivity index (χ2v) is 8.87. The molecule has 10 nitrogen and oxygen atoms in total. The van der Waals surface area contributed by atoms with Crippen molar-refractivity contribution in [3.8, 4) is 17.1 Å². The highest BCUT2D eigenvalue weighted by Gasteiger charge is 2.18. The topological polar surface area (TPSA) is 100 Å². The van der Waals surface area contributed by atoms with Gasteiger partial charge in [0.1, 0.15) is 11.4 Å². The Morgan fingerprint density at radius 3 is 2.61 bits per heavy atom. The molecule has 2 heterocycles. The first-order valence-corrected chi connectivity index (χ1v) is 12.1. The lowest BCUT2D eigenvalue weighted by atomic mass is 10.1. The lowest BCUT2D eigenvalue weighted by molar-refractivity contribution is -0.111. The number of nitrogens with one attached hydrogen (secondary N) is 2.